The predicted molar refractivity (Wildman–Crippen MR) is 105 cm³/mol. The van der Waals surface area contributed by atoms with Gasteiger partial charge < -0.3 is 9.64 Å². The first-order valence-corrected chi connectivity index (χ1v) is 10.3. The number of amides is 1. The van der Waals surface area contributed by atoms with Crippen molar-refractivity contribution in [3.63, 3.8) is 0 Å². The molecular formula is C20H24N2O4S. The summed E-state index contributed by atoms with van der Waals surface area (Å²) in [4.78, 5) is 14.6. The molecule has 1 amide bonds. The van der Waals surface area contributed by atoms with Crippen molar-refractivity contribution in [2.75, 3.05) is 31.0 Å². The van der Waals surface area contributed by atoms with Gasteiger partial charge in [-0.15, -0.1) is 0 Å². The second-order valence-electron chi connectivity index (χ2n) is 6.75. The first-order valence-electron chi connectivity index (χ1n) is 8.86. The molecule has 1 heterocycles. The summed E-state index contributed by atoms with van der Waals surface area (Å²) < 4.78 is 33.8. The Kier molecular flexibility index (Phi) is 5.53. The van der Waals surface area contributed by atoms with E-state index in [0.29, 0.717) is 37.6 Å². The summed E-state index contributed by atoms with van der Waals surface area (Å²) in [6.45, 7) is 7.53. The summed E-state index contributed by atoms with van der Waals surface area (Å²) in [5.41, 5.74) is 3.41. The van der Waals surface area contributed by atoms with Crippen LogP contribution in [0.5, 0.6) is 0 Å². The van der Waals surface area contributed by atoms with Crippen molar-refractivity contribution in [2.24, 2.45) is 0 Å². The van der Waals surface area contributed by atoms with Crippen molar-refractivity contribution >= 4 is 21.6 Å². The highest BCUT2D eigenvalue weighted by Gasteiger charge is 2.23. The molecule has 7 heteroatoms. The number of ether oxygens (including phenoxy) is 1. The Morgan fingerprint density at radius 3 is 2.26 bits per heavy atom. The number of nitrogens with one attached hydrogen (secondary N) is 1. The summed E-state index contributed by atoms with van der Waals surface area (Å²) in [6, 6.07) is 10.3. The molecule has 0 aromatic heterocycles. The molecule has 0 unspecified atom stereocenters. The third-order valence-electron chi connectivity index (χ3n) is 4.77. The Balaban J connectivity index is 1.93. The van der Waals surface area contributed by atoms with Gasteiger partial charge in [0.1, 0.15) is 0 Å². The Labute approximate surface area is 160 Å². The Morgan fingerprint density at radius 2 is 1.63 bits per heavy atom. The number of benzene rings is 2. The minimum atomic E-state index is -3.81. The summed E-state index contributed by atoms with van der Waals surface area (Å²) in [7, 11) is -3.81. The van der Waals surface area contributed by atoms with E-state index in [2.05, 4.69) is 4.72 Å². The van der Waals surface area contributed by atoms with Gasteiger partial charge in [-0.3, -0.25) is 9.52 Å². The average Bonchev–Trinajstić information content (AvgIpc) is 2.65. The van der Waals surface area contributed by atoms with Gasteiger partial charge in [0, 0.05) is 18.7 Å². The first kappa shape index (κ1) is 19.4. The van der Waals surface area contributed by atoms with E-state index in [4.69, 9.17) is 4.74 Å². The number of hydrogen-bond donors (Lipinski definition) is 1. The van der Waals surface area contributed by atoms with Crippen LogP contribution in [-0.4, -0.2) is 45.5 Å². The molecule has 27 heavy (non-hydrogen) atoms. The van der Waals surface area contributed by atoms with Crippen molar-refractivity contribution in [1.29, 1.82) is 0 Å². The Bertz CT molecular complexity index is 944. The van der Waals surface area contributed by atoms with Crippen molar-refractivity contribution in [2.45, 2.75) is 25.7 Å². The first-order chi connectivity index (χ1) is 12.8. The molecule has 1 N–H and O–H groups in total. The lowest BCUT2D eigenvalue weighted by Gasteiger charge is -2.27. The third kappa shape index (κ3) is 4.14. The van der Waals surface area contributed by atoms with Crippen LogP contribution in [0, 0.1) is 20.8 Å². The van der Waals surface area contributed by atoms with Gasteiger partial charge >= 0.3 is 0 Å². The molecule has 3 rings (SSSR count). The molecule has 2 aromatic rings. The van der Waals surface area contributed by atoms with Gasteiger partial charge in [0.2, 0.25) is 0 Å². The van der Waals surface area contributed by atoms with Gasteiger partial charge in [-0.25, -0.2) is 8.42 Å². The van der Waals surface area contributed by atoms with Gasteiger partial charge in [-0.05, 0) is 49.6 Å². The van der Waals surface area contributed by atoms with Crippen molar-refractivity contribution in [1.82, 2.24) is 4.90 Å². The van der Waals surface area contributed by atoms with Gasteiger partial charge in [0.25, 0.3) is 15.9 Å². The van der Waals surface area contributed by atoms with E-state index in [1.165, 1.54) is 12.1 Å². The minimum Gasteiger partial charge on any atom is -0.378 e. The molecule has 0 bridgehead atoms. The van der Waals surface area contributed by atoms with Gasteiger partial charge in [0.15, 0.2) is 0 Å². The fourth-order valence-corrected chi connectivity index (χ4v) is 4.33. The molecule has 1 fully saturated rings. The zero-order valence-corrected chi connectivity index (χ0v) is 16.6. The lowest BCUT2D eigenvalue weighted by atomic mass is 10.1. The van der Waals surface area contributed by atoms with Crippen LogP contribution in [0.1, 0.15) is 27.0 Å². The van der Waals surface area contributed by atoms with E-state index >= 15 is 0 Å². The molecule has 0 radical (unpaired) electrons. The molecule has 144 valence electrons. The van der Waals surface area contributed by atoms with E-state index in [9.17, 15) is 13.2 Å². The van der Waals surface area contributed by atoms with Crippen LogP contribution in [0.3, 0.4) is 0 Å². The topological polar surface area (TPSA) is 75.7 Å². The average molecular weight is 388 g/mol. The van der Waals surface area contributed by atoms with E-state index in [1.54, 1.807) is 11.0 Å². The maximum Gasteiger partial charge on any atom is 0.261 e. The molecule has 6 nitrogen and oxygen atoms in total. The summed E-state index contributed by atoms with van der Waals surface area (Å²) >= 11 is 0. The van der Waals surface area contributed by atoms with Gasteiger partial charge in [0.05, 0.1) is 23.8 Å². The minimum absolute atomic E-state index is 0.0763. The number of morpholine rings is 1. The number of carbonyl (C=O) groups is 1. The standard InChI is InChI=1S/C20H24N2O4S/c1-14-7-8-17(13-18(14)20(23)22-9-11-26-12-10-22)27(24,25)21-19-15(2)5-4-6-16(19)3/h4-8,13,21H,9-12H2,1-3H3. The van der Waals surface area contributed by atoms with Crippen LogP contribution < -0.4 is 4.72 Å². The van der Waals surface area contributed by atoms with Crippen molar-refractivity contribution < 1.29 is 17.9 Å². The zero-order chi connectivity index (χ0) is 19.6. The molecule has 0 aliphatic carbocycles. The lowest BCUT2D eigenvalue weighted by Crippen LogP contribution is -2.41. The number of anilines is 1. The van der Waals surface area contributed by atoms with Crippen LogP contribution in [0.15, 0.2) is 41.3 Å². The highest BCUT2D eigenvalue weighted by molar-refractivity contribution is 7.92. The van der Waals surface area contributed by atoms with Gasteiger partial charge in [-0.1, -0.05) is 24.3 Å². The molecule has 0 saturated carbocycles. The fraction of sp³-hybridized carbons (Fsp3) is 0.350. The van der Waals surface area contributed by atoms with Crippen LogP contribution in [0.25, 0.3) is 0 Å². The van der Waals surface area contributed by atoms with Gasteiger partial charge in [-0.2, -0.15) is 0 Å². The highest BCUT2D eigenvalue weighted by atomic mass is 32.2. The van der Waals surface area contributed by atoms with Crippen LogP contribution in [0.2, 0.25) is 0 Å². The predicted octanol–water partition coefficient (Wildman–Crippen LogP) is 2.89. The lowest BCUT2D eigenvalue weighted by molar-refractivity contribution is 0.0302. The second-order valence-corrected chi connectivity index (χ2v) is 8.44. The van der Waals surface area contributed by atoms with Crippen LogP contribution >= 0.6 is 0 Å². The number of nitrogens with zero attached hydrogens (tertiary/aromatic N) is 1. The van der Waals surface area contributed by atoms with Crippen molar-refractivity contribution in [3.05, 3.63) is 58.7 Å². The quantitative estimate of drug-likeness (QED) is 0.874. The summed E-state index contributed by atoms with van der Waals surface area (Å²) in [5.74, 6) is -0.167. The van der Waals surface area contributed by atoms with Crippen molar-refractivity contribution in [3.8, 4) is 0 Å². The van der Waals surface area contributed by atoms with E-state index < -0.39 is 10.0 Å². The second kappa shape index (κ2) is 7.70. The molecule has 0 atom stereocenters. The SMILES string of the molecule is Cc1ccc(S(=O)(=O)Nc2c(C)cccc2C)cc1C(=O)N1CCOCC1. The molecular weight excluding hydrogens is 364 g/mol. The van der Waals surface area contributed by atoms with E-state index in [-0.39, 0.29) is 10.8 Å². The largest absolute Gasteiger partial charge is 0.378 e. The van der Waals surface area contributed by atoms with E-state index in [0.717, 1.165) is 16.7 Å². The van der Waals surface area contributed by atoms with Crippen LogP contribution in [0.4, 0.5) is 5.69 Å². The van der Waals surface area contributed by atoms with E-state index in [1.807, 2.05) is 39.0 Å². The number of sulfonamides is 1. The molecule has 1 saturated heterocycles. The number of carbonyl (C=O) groups excluding carboxylic acids is 1. The summed E-state index contributed by atoms with van der Waals surface area (Å²) in [6.07, 6.45) is 0. The van der Waals surface area contributed by atoms with Crippen LogP contribution in [-0.2, 0) is 14.8 Å². The molecule has 1 aliphatic heterocycles. The fourth-order valence-electron chi connectivity index (χ4n) is 3.10. The maximum absolute atomic E-state index is 12.9. The molecule has 1 aliphatic rings. The third-order valence-corrected chi connectivity index (χ3v) is 6.11. The molecule has 2 aromatic carbocycles. The summed E-state index contributed by atoms with van der Waals surface area (Å²) in [5, 5.41) is 0. The normalized spacial score (nSPS) is 14.9. The smallest absolute Gasteiger partial charge is 0.261 e. The number of aryl methyl sites for hydroxylation is 3. The number of hydrogen-bond acceptors (Lipinski definition) is 4. The maximum atomic E-state index is 12.9. The monoisotopic (exact) mass is 388 g/mol. The number of rotatable bonds is 4. The molecule has 0 spiro atoms. The Morgan fingerprint density at radius 1 is 1.00 bits per heavy atom. The number of para-hydroxylation sites is 1. The zero-order valence-electron chi connectivity index (χ0n) is 15.8. The highest BCUT2D eigenvalue weighted by Crippen LogP contribution is 2.25. The Hall–Kier alpha value is -2.38.